The van der Waals surface area contributed by atoms with Crippen LogP contribution >= 0.6 is 0 Å². The van der Waals surface area contributed by atoms with Crippen molar-refractivity contribution in [1.82, 2.24) is 4.90 Å². The summed E-state index contributed by atoms with van der Waals surface area (Å²) >= 11 is 0. The number of carbonyl (C=O) groups is 2. The van der Waals surface area contributed by atoms with Crippen molar-refractivity contribution in [2.75, 3.05) is 25.0 Å². The van der Waals surface area contributed by atoms with Crippen LogP contribution in [0.2, 0.25) is 0 Å². The second kappa shape index (κ2) is 7.64. The molecule has 1 aromatic rings. The molecule has 1 saturated heterocycles. The number of rotatable bonds is 5. The lowest BCUT2D eigenvalue weighted by atomic mass is 10.1. The van der Waals surface area contributed by atoms with Crippen molar-refractivity contribution < 1.29 is 19.4 Å². The van der Waals surface area contributed by atoms with Gasteiger partial charge < -0.3 is 20.1 Å². The molecule has 1 fully saturated rings. The van der Waals surface area contributed by atoms with E-state index < -0.39 is 5.97 Å². The highest BCUT2D eigenvalue weighted by Crippen LogP contribution is 2.15. The maximum absolute atomic E-state index is 12.1. The van der Waals surface area contributed by atoms with Gasteiger partial charge in [-0.05, 0) is 25.0 Å². The van der Waals surface area contributed by atoms with E-state index in [-0.39, 0.29) is 25.2 Å². The lowest BCUT2D eigenvalue weighted by molar-refractivity contribution is -0.138. The molecule has 0 atom stereocenters. The van der Waals surface area contributed by atoms with Gasteiger partial charge in [-0.15, -0.1) is 0 Å². The molecule has 1 aliphatic rings. The Kier molecular flexibility index (Phi) is 5.57. The number of piperidine rings is 1. The fourth-order valence-electron chi connectivity index (χ4n) is 2.26. The molecule has 0 spiro atoms. The van der Waals surface area contributed by atoms with E-state index in [0.717, 1.165) is 18.5 Å². The van der Waals surface area contributed by atoms with Crippen LogP contribution in [-0.4, -0.2) is 47.8 Å². The predicted octanol–water partition coefficient (Wildman–Crippen LogP) is 2.17. The lowest BCUT2D eigenvalue weighted by Crippen LogP contribution is -2.43. The molecule has 1 heterocycles. The van der Waals surface area contributed by atoms with Crippen LogP contribution in [-0.2, 0) is 9.53 Å². The minimum absolute atomic E-state index is 0.0225. The number of carboxylic acid groups (broad SMARTS) is 1. The molecule has 2 rings (SSSR count). The summed E-state index contributed by atoms with van der Waals surface area (Å²) in [7, 11) is 0. The first-order chi connectivity index (χ1) is 10.1. The molecule has 2 N–H and O–H groups in total. The molecule has 0 aliphatic carbocycles. The van der Waals surface area contributed by atoms with Gasteiger partial charge in [-0.1, -0.05) is 18.2 Å². The van der Waals surface area contributed by atoms with Crippen LogP contribution in [0.5, 0.6) is 0 Å². The molecule has 114 valence electrons. The Morgan fingerprint density at radius 1 is 1.24 bits per heavy atom. The average molecular weight is 292 g/mol. The van der Waals surface area contributed by atoms with Gasteiger partial charge in [0.25, 0.3) is 0 Å². The number of hydrogen-bond donors (Lipinski definition) is 2. The Balaban J connectivity index is 1.71. The smallest absolute Gasteiger partial charge is 0.321 e. The number of anilines is 1. The molecule has 0 saturated carbocycles. The van der Waals surface area contributed by atoms with Crippen molar-refractivity contribution in [1.29, 1.82) is 0 Å². The van der Waals surface area contributed by atoms with Crippen LogP contribution in [0.15, 0.2) is 30.3 Å². The highest BCUT2D eigenvalue weighted by Gasteiger charge is 2.23. The Hall–Kier alpha value is -2.08. The molecular formula is C15H20N2O4. The molecule has 21 heavy (non-hydrogen) atoms. The number of aliphatic carboxylic acids is 1. The SMILES string of the molecule is O=C(O)CCOC1CCN(C(=O)Nc2ccccc2)CC1. The van der Waals surface area contributed by atoms with Crippen molar-refractivity contribution in [3.8, 4) is 0 Å². The molecule has 0 aromatic heterocycles. The standard InChI is InChI=1S/C15H20N2O4/c18-14(19)8-11-21-13-6-9-17(10-7-13)15(20)16-12-4-2-1-3-5-12/h1-5,13H,6-11H2,(H,16,20)(H,18,19). The number of likely N-dealkylation sites (tertiary alicyclic amines) is 1. The third-order valence-electron chi connectivity index (χ3n) is 3.42. The van der Waals surface area contributed by atoms with Gasteiger partial charge in [-0.2, -0.15) is 0 Å². The molecule has 6 heteroatoms. The number of benzene rings is 1. The average Bonchev–Trinajstić information content (AvgIpc) is 2.48. The van der Waals surface area contributed by atoms with Crippen LogP contribution in [0, 0.1) is 0 Å². The zero-order valence-electron chi connectivity index (χ0n) is 11.8. The number of carboxylic acids is 1. The maximum Gasteiger partial charge on any atom is 0.321 e. The van der Waals surface area contributed by atoms with E-state index >= 15 is 0 Å². The Morgan fingerprint density at radius 3 is 2.52 bits per heavy atom. The fourth-order valence-corrected chi connectivity index (χ4v) is 2.26. The number of carbonyl (C=O) groups excluding carboxylic acids is 1. The molecule has 0 unspecified atom stereocenters. The second-order valence-corrected chi connectivity index (χ2v) is 5.00. The molecule has 1 aromatic carbocycles. The van der Waals surface area contributed by atoms with E-state index in [1.807, 2.05) is 30.3 Å². The van der Waals surface area contributed by atoms with Gasteiger partial charge in [0, 0.05) is 18.8 Å². The zero-order chi connectivity index (χ0) is 15.1. The van der Waals surface area contributed by atoms with Gasteiger partial charge in [-0.25, -0.2) is 4.79 Å². The van der Waals surface area contributed by atoms with Crippen molar-refractivity contribution in [2.45, 2.75) is 25.4 Å². The van der Waals surface area contributed by atoms with Gasteiger partial charge in [0.1, 0.15) is 0 Å². The number of para-hydroxylation sites is 1. The number of hydrogen-bond acceptors (Lipinski definition) is 3. The number of nitrogens with one attached hydrogen (secondary N) is 1. The largest absolute Gasteiger partial charge is 0.481 e. The third-order valence-corrected chi connectivity index (χ3v) is 3.42. The monoisotopic (exact) mass is 292 g/mol. The van der Waals surface area contributed by atoms with Crippen molar-refractivity contribution in [3.05, 3.63) is 30.3 Å². The fraction of sp³-hybridized carbons (Fsp3) is 0.467. The molecule has 1 aliphatic heterocycles. The first-order valence-corrected chi connectivity index (χ1v) is 7.09. The van der Waals surface area contributed by atoms with Gasteiger partial charge >= 0.3 is 12.0 Å². The van der Waals surface area contributed by atoms with E-state index in [4.69, 9.17) is 9.84 Å². The summed E-state index contributed by atoms with van der Waals surface area (Å²) in [6, 6.07) is 9.23. The van der Waals surface area contributed by atoms with Gasteiger partial charge in [0.05, 0.1) is 19.1 Å². The molecular weight excluding hydrogens is 272 g/mol. The third kappa shape index (κ3) is 5.07. The van der Waals surface area contributed by atoms with E-state index in [0.29, 0.717) is 13.1 Å². The Labute approximate surface area is 123 Å². The van der Waals surface area contributed by atoms with Crippen LogP contribution in [0.25, 0.3) is 0 Å². The Bertz CT molecular complexity index is 470. The van der Waals surface area contributed by atoms with Gasteiger partial charge in [0.2, 0.25) is 0 Å². The lowest BCUT2D eigenvalue weighted by Gasteiger charge is -2.31. The van der Waals surface area contributed by atoms with Crippen molar-refractivity contribution in [2.24, 2.45) is 0 Å². The highest BCUT2D eigenvalue weighted by molar-refractivity contribution is 5.89. The number of ether oxygens (including phenoxy) is 1. The van der Waals surface area contributed by atoms with Crippen molar-refractivity contribution in [3.63, 3.8) is 0 Å². The zero-order valence-corrected chi connectivity index (χ0v) is 11.8. The summed E-state index contributed by atoms with van der Waals surface area (Å²) in [5.41, 5.74) is 0.780. The van der Waals surface area contributed by atoms with Crippen LogP contribution < -0.4 is 5.32 Å². The summed E-state index contributed by atoms with van der Waals surface area (Å²) in [6.07, 6.45) is 1.54. The van der Waals surface area contributed by atoms with E-state index in [1.165, 1.54) is 0 Å². The second-order valence-electron chi connectivity index (χ2n) is 5.00. The van der Waals surface area contributed by atoms with Gasteiger partial charge in [-0.3, -0.25) is 4.79 Å². The van der Waals surface area contributed by atoms with Crippen LogP contribution in [0.3, 0.4) is 0 Å². The summed E-state index contributed by atoms with van der Waals surface area (Å²) in [5, 5.41) is 11.4. The van der Waals surface area contributed by atoms with Crippen molar-refractivity contribution >= 4 is 17.7 Å². The van der Waals surface area contributed by atoms with E-state index in [2.05, 4.69) is 5.32 Å². The molecule has 6 nitrogen and oxygen atoms in total. The van der Waals surface area contributed by atoms with Gasteiger partial charge in [0.15, 0.2) is 0 Å². The first-order valence-electron chi connectivity index (χ1n) is 7.09. The van der Waals surface area contributed by atoms with E-state index in [1.54, 1.807) is 4.90 Å². The first kappa shape index (κ1) is 15.3. The quantitative estimate of drug-likeness (QED) is 0.871. The van der Waals surface area contributed by atoms with E-state index in [9.17, 15) is 9.59 Å². The Morgan fingerprint density at radius 2 is 1.90 bits per heavy atom. The molecule has 0 radical (unpaired) electrons. The van der Waals surface area contributed by atoms with Crippen LogP contribution in [0.4, 0.5) is 10.5 Å². The number of amides is 2. The topological polar surface area (TPSA) is 78.9 Å². The minimum atomic E-state index is -0.852. The molecule has 0 bridgehead atoms. The number of nitrogens with zero attached hydrogens (tertiary/aromatic N) is 1. The maximum atomic E-state index is 12.1. The predicted molar refractivity (Wildman–Crippen MR) is 78.3 cm³/mol. The number of urea groups is 1. The summed E-state index contributed by atoms with van der Waals surface area (Å²) in [5.74, 6) is -0.852. The van der Waals surface area contributed by atoms with Crippen LogP contribution in [0.1, 0.15) is 19.3 Å². The summed E-state index contributed by atoms with van der Waals surface area (Å²) in [4.78, 5) is 24.2. The highest BCUT2D eigenvalue weighted by atomic mass is 16.5. The summed E-state index contributed by atoms with van der Waals surface area (Å²) < 4.78 is 5.50. The normalized spacial score (nSPS) is 15.7. The minimum Gasteiger partial charge on any atom is -0.481 e. The molecule has 2 amide bonds. The summed E-state index contributed by atoms with van der Waals surface area (Å²) in [6.45, 7) is 1.48.